The number of carbonyl (C=O) groups excluding carboxylic acids is 2. The molecule has 0 aliphatic rings. The molecule has 3 aromatic carbocycles. The molecule has 1 unspecified atom stereocenters. The van der Waals surface area contributed by atoms with Crippen molar-refractivity contribution in [1.82, 2.24) is 0 Å². The predicted molar refractivity (Wildman–Crippen MR) is 121 cm³/mol. The molecular formula is C23H18Cl3NO4. The van der Waals surface area contributed by atoms with Crippen molar-refractivity contribution >= 4 is 52.4 Å². The van der Waals surface area contributed by atoms with Crippen LogP contribution >= 0.6 is 34.8 Å². The molecule has 0 aliphatic carbocycles. The third kappa shape index (κ3) is 6.89. The number of carbonyl (C=O) groups is 2. The largest absolute Gasteiger partial charge is 0.457 e. The van der Waals surface area contributed by atoms with Crippen LogP contribution in [0.5, 0.6) is 0 Å². The van der Waals surface area contributed by atoms with Crippen LogP contribution in [0.3, 0.4) is 0 Å². The second-order valence-corrected chi connectivity index (χ2v) is 7.76. The summed E-state index contributed by atoms with van der Waals surface area (Å²) in [5.74, 6) is -1.41. The van der Waals surface area contributed by atoms with Crippen molar-refractivity contribution in [2.24, 2.45) is 0 Å². The molecule has 0 radical (unpaired) electrons. The van der Waals surface area contributed by atoms with Crippen molar-refractivity contribution in [3.63, 3.8) is 0 Å². The van der Waals surface area contributed by atoms with Crippen LogP contribution in [0, 0.1) is 0 Å². The van der Waals surface area contributed by atoms with E-state index in [0.717, 1.165) is 11.1 Å². The molecule has 0 aliphatic heterocycles. The molecule has 31 heavy (non-hydrogen) atoms. The molecule has 0 saturated heterocycles. The molecule has 3 rings (SSSR count). The molecule has 5 nitrogen and oxygen atoms in total. The Bertz CT molecular complexity index is 1020. The fraction of sp³-hybridized carbons (Fsp3) is 0.130. The Morgan fingerprint density at radius 2 is 1.45 bits per heavy atom. The molecule has 3 aromatic rings. The first kappa shape index (κ1) is 22.9. The van der Waals surface area contributed by atoms with Crippen LogP contribution in [0.15, 0.2) is 72.8 Å². The van der Waals surface area contributed by atoms with Gasteiger partial charge >= 0.3 is 11.9 Å². The zero-order valence-electron chi connectivity index (χ0n) is 16.2. The van der Waals surface area contributed by atoms with Gasteiger partial charge in [-0.1, -0.05) is 83.3 Å². The predicted octanol–water partition coefficient (Wildman–Crippen LogP) is 5.91. The van der Waals surface area contributed by atoms with Crippen LogP contribution in [-0.4, -0.2) is 18.2 Å². The number of benzene rings is 3. The maximum absolute atomic E-state index is 12.7. The number of esters is 2. The van der Waals surface area contributed by atoms with Gasteiger partial charge in [0.1, 0.15) is 6.61 Å². The Balaban J connectivity index is 1.73. The standard InChI is InChI=1S/C23H18Cl3NO4/c24-17-11-9-16(10-12-17)14-30-23(29)22(27-21-18(25)7-4-8-19(21)26)31-20(28)13-15-5-2-1-3-6-15/h1-12,22,27H,13-14H2. The second kappa shape index (κ2) is 11.0. The smallest absolute Gasteiger partial charge is 0.369 e. The zero-order valence-corrected chi connectivity index (χ0v) is 18.5. The lowest BCUT2D eigenvalue weighted by molar-refractivity contribution is -0.166. The number of nitrogens with one attached hydrogen (secondary N) is 1. The quantitative estimate of drug-likeness (QED) is 0.322. The number of anilines is 1. The van der Waals surface area contributed by atoms with Gasteiger partial charge < -0.3 is 14.8 Å². The van der Waals surface area contributed by atoms with E-state index in [4.69, 9.17) is 44.3 Å². The molecule has 0 amide bonds. The zero-order chi connectivity index (χ0) is 22.2. The highest BCUT2D eigenvalue weighted by atomic mass is 35.5. The van der Waals surface area contributed by atoms with Crippen LogP contribution < -0.4 is 5.32 Å². The first-order valence-electron chi connectivity index (χ1n) is 9.27. The summed E-state index contributed by atoms with van der Waals surface area (Å²) >= 11 is 18.2. The van der Waals surface area contributed by atoms with E-state index >= 15 is 0 Å². The molecular weight excluding hydrogens is 461 g/mol. The van der Waals surface area contributed by atoms with Crippen molar-refractivity contribution in [1.29, 1.82) is 0 Å². The number of ether oxygens (including phenoxy) is 2. The van der Waals surface area contributed by atoms with Gasteiger partial charge in [0.25, 0.3) is 6.23 Å². The molecule has 0 fully saturated rings. The highest BCUT2D eigenvalue weighted by Gasteiger charge is 2.26. The van der Waals surface area contributed by atoms with Gasteiger partial charge in [0.05, 0.1) is 22.2 Å². The number of hydrogen-bond acceptors (Lipinski definition) is 5. The van der Waals surface area contributed by atoms with Gasteiger partial charge in [-0.05, 0) is 35.4 Å². The van der Waals surface area contributed by atoms with Gasteiger partial charge in [-0.3, -0.25) is 4.79 Å². The maximum atomic E-state index is 12.7. The van der Waals surface area contributed by atoms with Gasteiger partial charge in [-0.25, -0.2) is 4.79 Å². The van der Waals surface area contributed by atoms with Crippen molar-refractivity contribution < 1.29 is 19.1 Å². The van der Waals surface area contributed by atoms with E-state index in [1.165, 1.54) is 0 Å². The van der Waals surface area contributed by atoms with E-state index in [0.29, 0.717) is 5.02 Å². The van der Waals surface area contributed by atoms with Crippen LogP contribution in [-0.2, 0) is 32.1 Å². The Kier molecular flexibility index (Phi) is 8.18. The lowest BCUT2D eigenvalue weighted by Gasteiger charge is -2.20. The van der Waals surface area contributed by atoms with Crippen LogP contribution in [0.4, 0.5) is 5.69 Å². The summed E-state index contributed by atoms with van der Waals surface area (Å²) in [6, 6.07) is 20.7. The van der Waals surface area contributed by atoms with Crippen LogP contribution in [0.1, 0.15) is 11.1 Å². The summed E-state index contributed by atoms with van der Waals surface area (Å²) in [4.78, 5) is 25.2. The van der Waals surface area contributed by atoms with E-state index in [2.05, 4.69) is 5.32 Å². The highest BCUT2D eigenvalue weighted by molar-refractivity contribution is 6.39. The number of rotatable bonds is 8. The van der Waals surface area contributed by atoms with Gasteiger partial charge in [0.15, 0.2) is 0 Å². The summed E-state index contributed by atoms with van der Waals surface area (Å²) in [6.07, 6.45) is -1.46. The summed E-state index contributed by atoms with van der Waals surface area (Å²) in [5.41, 5.74) is 1.73. The maximum Gasteiger partial charge on any atom is 0.369 e. The van der Waals surface area contributed by atoms with Gasteiger partial charge in [-0.15, -0.1) is 0 Å². The van der Waals surface area contributed by atoms with Crippen molar-refractivity contribution in [3.8, 4) is 0 Å². The van der Waals surface area contributed by atoms with Crippen LogP contribution in [0.2, 0.25) is 15.1 Å². The van der Waals surface area contributed by atoms with E-state index in [-0.39, 0.29) is 28.8 Å². The Morgan fingerprint density at radius 3 is 2.10 bits per heavy atom. The third-order valence-corrected chi connectivity index (χ3v) is 5.07. The molecule has 8 heteroatoms. The summed E-state index contributed by atoms with van der Waals surface area (Å²) < 4.78 is 10.7. The molecule has 0 aromatic heterocycles. The van der Waals surface area contributed by atoms with Crippen molar-refractivity contribution in [3.05, 3.63) is 99.0 Å². The lowest BCUT2D eigenvalue weighted by Crippen LogP contribution is -2.36. The third-order valence-electron chi connectivity index (χ3n) is 4.19. The number of halogens is 3. The monoisotopic (exact) mass is 477 g/mol. The van der Waals surface area contributed by atoms with E-state index in [1.807, 2.05) is 18.2 Å². The normalized spacial score (nSPS) is 11.5. The van der Waals surface area contributed by atoms with E-state index < -0.39 is 18.2 Å². The average molecular weight is 479 g/mol. The minimum atomic E-state index is -1.44. The minimum absolute atomic E-state index is 0.0141. The summed E-state index contributed by atoms with van der Waals surface area (Å²) in [5, 5.41) is 3.87. The van der Waals surface area contributed by atoms with E-state index in [9.17, 15) is 9.59 Å². The molecule has 0 bridgehead atoms. The molecule has 160 valence electrons. The first-order chi connectivity index (χ1) is 14.9. The molecule has 0 spiro atoms. The molecule has 0 heterocycles. The van der Waals surface area contributed by atoms with Gasteiger partial charge in [0.2, 0.25) is 0 Å². The molecule has 1 atom stereocenters. The highest BCUT2D eigenvalue weighted by Crippen LogP contribution is 2.30. The fourth-order valence-corrected chi connectivity index (χ4v) is 3.28. The Hall–Kier alpha value is -2.73. The number of para-hydroxylation sites is 1. The van der Waals surface area contributed by atoms with Gasteiger partial charge in [-0.2, -0.15) is 0 Å². The van der Waals surface area contributed by atoms with Crippen LogP contribution in [0.25, 0.3) is 0 Å². The number of hydrogen-bond donors (Lipinski definition) is 1. The topological polar surface area (TPSA) is 64.6 Å². The fourth-order valence-electron chi connectivity index (χ4n) is 2.65. The SMILES string of the molecule is O=C(Cc1ccccc1)OC(Nc1c(Cl)cccc1Cl)C(=O)OCc1ccc(Cl)cc1. The molecule has 1 N–H and O–H groups in total. The Labute approximate surface area is 194 Å². The first-order valence-corrected chi connectivity index (χ1v) is 10.4. The van der Waals surface area contributed by atoms with E-state index in [1.54, 1.807) is 54.6 Å². The van der Waals surface area contributed by atoms with Crippen molar-refractivity contribution in [2.75, 3.05) is 5.32 Å². The summed E-state index contributed by atoms with van der Waals surface area (Å²) in [6.45, 7) is -0.0271. The Morgan fingerprint density at radius 1 is 0.806 bits per heavy atom. The minimum Gasteiger partial charge on any atom is -0.457 e. The average Bonchev–Trinajstić information content (AvgIpc) is 2.75. The van der Waals surface area contributed by atoms with Crippen molar-refractivity contribution in [2.45, 2.75) is 19.3 Å². The molecule has 0 saturated carbocycles. The summed E-state index contributed by atoms with van der Waals surface area (Å²) in [7, 11) is 0. The lowest BCUT2D eigenvalue weighted by atomic mass is 10.2. The van der Waals surface area contributed by atoms with Gasteiger partial charge in [0, 0.05) is 5.02 Å². The second-order valence-electron chi connectivity index (χ2n) is 6.51.